The zero-order valence-electron chi connectivity index (χ0n) is 15.3. The van der Waals surface area contributed by atoms with Crippen molar-refractivity contribution in [3.63, 3.8) is 0 Å². The number of nitrogens with zero attached hydrogens (tertiary/aromatic N) is 1. The fourth-order valence-corrected chi connectivity index (χ4v) is 4.75. The molecule has 0 bridgehead atoms. The first kappa shape index (κ1) is 17.3. The van der Waals surface area contributed by atoms with Crippen LogP contribution in [0.3, 0.4) is 0 Å². The van der Waals surface area contributed by atoms with Crippen molar-refractivity contribution in [3.05, 3.63) is 28.8 Å². The molecular formula is C21H26N2O3. The third kappa shape index (κ3) is 3.15. The van der Waals surface area contributed by atoms with Gasteiger partial charge >= 0.3 is 0 Å². The Morgan fingerprint density at radius 3 is 2.46 bits per heavy atom. The smallest absolute Gasteiger partial charge is 0.227 e. The van der Waals surface area contributed by atoms with Crippen LogP contribution >= 0.6 is 0 Å². The second kappa shape index (κ2) is 6.86. The maximum absolute atomic E-state index is 13.1. The summed E-state index contributed by atoms with van der Waals surface area (Å²) in [7, 11) is 0. The lowest BCUT2D eigenvalue weighted by Gasteiger charge is -2.29. The van der Waals surface area contributed by atoms with Crippen LogP contribution in [0.15, 0.2) is 12.1 Å². The zero-order chi connectivity index (χ0) is 18.3. The van der Waals surface area contributed by atoms with Gasteiger partial charge in [0.2, 0.25) is 11.8 Å². The maximum Gasteiger partial charge on any atom is 0.227 e. The first-order chi connectivity index (χ1) is 12.5. The molecule has 0 aromatic heterocycles. The second-order valence-corrected chi connectivity index (χ2v) is 7.96. The van der Waals surface area contributed by atoms with E-state index in [2.05, 4.69) is 5.32 Å². The number of amides is 2. The number of carbonyl (C=O) groups is 3. The lowest BCUT2D eigenvalue weighted by Crippen LogP contribution is -2.33. The summed E-state index contributed by atoms with van der Waals surface area (Å²) >= 11 is 0. The Balaban J connectivity index is 1.45. The van der Waals surface area contributed by atoms with E-state index in [0.29, 0.717) is 12.3 Å². The average molecular weight is 354 g/mol. The van der Waals surface area contributed by atoms with E-state index in [1.54, 1.807) is 6.92 Å². The molecule has 138 valence electrons. The minimum absolute atomic E-state index is 0.0165. The molecule has 1 aromatic rings. The fourth-order valence-electron chi connectivity index (χ4n) is 4.75. The van der Waals surface area contributed by atoms with E-state index in [4.69, 9.17) is 0 Å². The number of ketones is 1. The Bertz CT molecular complexity index is 763. The van der Waals surface area contributed by atoms with E-state index >= 15 is 0 Å². The molecule has 26 heavy (non-hydrogen) atoms. The number of anilines is 1. The van der Waals surface area contributed by atoms with Gasteiger partial charge in [-0.15, -0.1) is 0 Å². The van der Waals surface area contributed by atoms with E-state index < -0.39 is 0 Å². The van der Waals surface area contributed by atoms with Crippen LogP contribution in [0.25, 0.3) is 0 Å². The number of carbonyl (C=O) groups excluding carboxylic acids is 3. The highest BCUT2D eigenvalue weighted by Gasteiger charge is 2.33. The molecule has 0 atom stereocenters. The van der Waals surface area contributed by atoms with Crippen molar-refractivity contribution in [2.45, 2.75) is 51.9 Å². The van der Waals surface area contributed by atoms with Crippen molar-refractivity contribution in [1.82, 2.24) is 5.32 Å². The standard InChI is InChI=1S/C21H26N2O3/c1-13(24)22-12-14-2-4-15(5-3-14)21(26)18-10-16-6-7-19(25)23-9-8-17(11-18)20(16)23/h10-11,14-15H,2-9,12H2,1H3,(H,22,24). The quantitative estimate of drug-likeness (QED) is 0.846. The summed E-state index contributed by atoms with van der Waals surface area (Å²) < 4.78 is 0. The summed E-state index contributed by atoms with van der Waals surface area (Å²) in [5.41, 5.74) is 4.25. The number of rotatable bonds is 4. The maximum atomic E-state index is 13.1. The summed E-state index contributed by atoms with van der Waals surface area (Å²) in [6.07, 6.45) is 5.97. The Labute approximate surface area is 154 Å². The predicted octanol–water partition coefficient (Wildman–Crippen LogP) is 2.65. The number of hydrogen-bond acceptors (Lipinski definition) is 3. The van der Waals surface area contributed by atoms with Crippen LogP contribution in [0.4, 0.5) is 5.69 Å². The van der Waals surface area contributed by atoms with Crippen LogP contribution < -0.4 is 10.2 Å². The Hall–Kier alpha value is -2.17. The van der Waals surface area contributed by atoms with Gasteiger partial charge in [-0.05, 0) is 67.7 Å². The van der Waals surface area contributed by atoms with Gasteiger partial charge in [-0.25, -0.2) is 0 Å². The number of aryl methyl sites for hydroxylation is 1. The molecule has 1 aromatic carbocycles. The van der Waals surface area contributed by atoms with Crippen LogP contribution in [-0.2, 0) is 22.4 Å². The SMILES string of the molecule is CC(=O)NCC1CCC(C(=O)c2cc3c4c(c2)CCN4C(=O)CC3)CC1. The number of hydrogen-bond donors (Lipinski definition) is 1. The van der Waals surface area contributed by atoms with Gasteiger partial charge in [0.05, 0.1) is 5.69 Å². The number of benzene rings is 1. The van der Waals surface area contributed by atoms with Crippen LogP contribution in [0.5, 0.6) is 0 Å². The lowest BCUT2D eigenvalue weighted by molar-refractivity contribution is -0.119. The van der Waals surface area contributed by atoms with Gasteiger partial charge in [0.15, 0.2) is 5.78 Å². The van der Waals surface area contributed by atoms with Crippen molar-refractivity contribution in [1.29, 1.82) is 0 Å². The normalized spacial score (nSPS) is 24.3. The fraction of sp³-hybridized carbons (Fsp3) is 0.571. The highest BCUT2D eigenvalue weighted by Crippen LogP contribution is 2.39. The van der Waals surface area contributed by atoms with E-state index in [-0.39, 0.29) is 23.5 Å². The topological polar surface area (TPSA) is 66.5 Å². The summed E-state index contributed by atoms with van der Waals surface area (Å²) in [5.74, 6) is 1.08. The highest BCUT2D eigenvalue weighted by molar-refractivity contribution is 6.02. The van der Waals surface area contributed by atoms with Gasteiger partial charge in [0, 0.05) is 37.9 Å². The molecule has 0 saturated heterocycles. The molecule has 0 unspecified atom stereocenters. The predicted molar refractivity (Wildman–Crippen MR) is 99.3 cm³/mol. The molecule has 2 aliphatic heterocycles. The summed E-state index contributed by atoms with van der Waals surface area (Å²) in [4.78, 5) is 38.1. The van der Waals surface area contributed by atoms with Gasteiger partial charge in [-0.1, -0.05) is 0 Å². The van der Waals surface area contributed by atoms with Gasteiger partial charge < -0.3 is 10.2 Å². The molecule has 1 fully saturated rings. The van der Waals surface area contributed by atoms with Crippen molar-refractivity contribution in [2.24, 2.45) is 11.8 Å². The molecule has 0 spiro atoms. The first-order valence-corrected chi connectivity index (χ1v) is 9.77. The average Bonchev–Trinajstić information content (AvgIpc) is 3.08. The highest BCUT2D eigenvalue weighted by atomic mass is 16.2. The van der Waals surface area contributed by atoms with E-state index in [1.807, 2.05) is 17.0 Å². The monoisotopic (exact) mass is 354 g/mol. The van der Waals surface area contributed by atoms with Crippen LogP contribution in [0, 0.1) is 11.8 Å². The van der Waals surface area contributed by atoms with Gasteiger partial charge in [-0.2, -0.15) is 0 Å². The minimum Gasteiger partial charge on any atom is -0.356 e. The van der Waals surface area contributed by atoms with Crippen LogP contribution in [0.2, 0.25) is 0 Å². The van der Waals surface area contributed by atoms with E-state index in [1.165, 1.54) is 11.1 Å². The van der Waals surface area contributed by atoms with Gasteiger partial charge in [0.25, 0.3) is 0 Å². The molecule has 3 aliphatic rings. The van der Waals surface area contributed by atoms with Crippen molar-refractivity contribution < 1.29 is 14.4 Å². The van der Waals surface area contributed by atoms with Crippen LogP contribution in [-0.4, -0.2) is 30.7 Å². The molecule has 2 amide bonds. The van der Waals surface area contributed by atoms with Gasteiger partial charge in [0.1, 0.15) is 0 Å². The minimum atomic E-state index is 0.0165. The molecular weight excluding hydrogens is 328 g/mol. The summed E-state index contributed by atoms with van der Waals surface area (Å²) in [6, 6.07) is 4.07. The van der Waals surface area contributed by atoms with Crippen molar-refractivity contribution in [3.8, 4) is 0 Å². The Morgan fingerprint density at radius 2 is 1.77 bits per heavy atom. The Morgan fingerprint density at radius 1 is 1.08 bits per heavy atom. The lowest BCUT2D eigenvalue weighted by atomic mass is 9.78. The molecule has 5 heteroatoms. The zero-order valence-corrected chi connectivity index (χ0v) is 15.3. The molecule has 1 aliphatic carbocycles. The molecule has 4 rings (SSSR count). The van der Waals surface area contributed by atoms with Crippen molar-refractivity contribution in [2.75, 3.05) is 18.0 Å². The molecule has 0 radical (unpaired) electrons. The molecule has 5 nitrogen and oxygen atoms in total. The molecule has 2 heterocycles. The van der Waals surface area contributed by atoms with E-state index in [0.717, 1.165) is 62.9 Å². The second-order valence-electron chi connectivity index (χ2n) is 7.96. The molecule has 1 saturated carbocycles. The molecule has 1 N–H and O–H groups in total. The van der Waals surface area contributed by atoms with Crippen LogP contribution in [0.1, 0.15) is 60.5 Å². The van der Waals surface area contributed by atoms with Crippen molar-refractivity contribution >= 4 is 23.3 Å². The van der Waals surface area contributed by atoms with E-state index in [9.17, 15) is 14.4 Å². The number of nitrogens with one attached hydrogen (secondary N) is 1. The van der Waals surface area contributed by atoms with Gasteiger partial charge in [-0.3, -0.25) is 14.4 Å². The third-order valence-electron chi connectivity index (χ3n) is 6.19. The Kier molecular flexibility index (Phi) is 4.55. The number of Topliss-reactive ketones (excluding diaryl/α,β-unsaturated/α-hetero) is 1. The third-order valence-corrected chi connectivity index (χ3v) is 6.19. The summed E-state index contributed by atoms with van der Waals surface area (Å²) in [6.45, 7) is 3.03. The summed E-state index contributed by atoms with van der Waals surface area (Å²) in [5, 5.41) is 2.89. The largest absolute Gasteiger partial charge is 0.356 e. The first-order valence-electron chi connectivity index (χ1n) is 9.77.